The Labute approximate surface area is 192 Å². The van der Waals surface area contributed by atoms with Gasteiger partial charge in [0.1, 0.15) is 5.82 Å². The van der Waals surface area contributed by atoms with Gasteiger partial charge in [-0.05, 0) is 45.6 Å². The first-order valence-corrected chi connectivity index (χ1v) is 11.7. The number of nitrogens with one attached hydrogen (secondary N) is 1. The van der Waals surface area contributed by atoms with E-state index in [-0.39, 0.29) is 11.9 Å². The third-order valence-electron chi connectivity index (χ3n) is 5.14. The molecule has 9 heteroatoms. The fourth-order valence-electron chi connectivity index (χ4n) is 3.72. The van der Waals surface area contributed by atoms with E-state index in [1.165, 1.54) is 23.6 Å². The van der Waals surface area contributed by atoms with Crippen molar-refractivity contribution in [1.29, 1.82) is 0 Å². The Morgan fingerprint density at radius 1 is 1.28 bits per heavy atom. The molecular formula is C23H31FN6OS. The van der Waals surface area contributed by atoms with Gasteiger partial charge in [0.05, 0.1) is 22.5 Å². The maximum atomic E-state index is 13.5. The van der Waals surface area contributed by atoms with Gasteiger partial charge < -0.3 is 15.1 Å². The molecule has 0 radical (unpaired) electrons. The lowest BCUT2D eigenvalue weighted by Crippen LogP contribution is -2.53. The summed E-state index contributed by atoms with van der Waals surface area (Å²) in [6.45, 7) is 10.3. The Morgan fingerprint density at radius 2 is 2.00 bits per heavy atom. The average Bonchev–Trinajstić information content (AvgIpc) is 3.10. The Morgan fingerprint density at radius 3 is 2.66 bits per heavy atom. The van der Waals surface area contributed by atoms with Crippen LogP contribution in [0.2, 0.25) is 0 Å². The predicted molar refractivity (Wildman–Crippen MR) is 128 cm³/mol. The molecule has 3 aromatic rings. The molecule has 1 saturated heterocycles. The Hall–Kier alpha value is -2.65. The van der Waals surface area contributed by atoms with E-state index in [0.717, 1.165) is 34.7 Å². The summed E-state index contributed by atoms with van der Waals surface area (Å²) in [6.07, 6.45) is 2.77. The highest BCUT2D eigenvalue weighted by molar-refractivity contribution is 7.19. The molecule has 4 rings (SSSR count). The number of carbonyl (C=O) groups excluding carboxylic acids is 1. The van der Waals surface area contributed by atoms with Crippen molar-refractivity contribution in [2.45, 2.75) is 33.7 Å². The zero-order valence-corrected chi connectivity index (χ0v) is 20.3. The first-order chi connectivity index (χ1) is 15.3. The zero-order chi connectivity index (χ0) is 23.4. The van der Waals surface area contributed by atoms with Crippen LogP contribution in [-0.2, 0) is 0 Å². The number of nitrogens with zero attached hydrogens (tertiary/aromatic N) is 5. The van der Waals surface area contributed by atoms with Crippen LogP contribution in [0.5, 0.6) is 0 Å². The third kappa shape index (κ3) is 5.39. The van der Waals surface area contributed by atoms with Gasteiger partial charge in [-0.2, -0.15) is 0 Å². The van der Waals surface area contributed by atoms with E-state index in [1.54, 1.807) is 6.20 Å². The summed E-state index contributed by atoms with van der Waals surface area (Å²) in [5.41, 5.74) is 1.85. The minimum Gasteiger partial charge on any atom is -0.348 e. The van der Waals surface area contributed by atoms with E-state index in [0.29, 0.717) is 23.1 Å². The lowest BCUT2D eigenvalue weighted by atomic mass is 9.99. The van der Waals surface area contributed by atoms with Gasteiger partial charge in [0.25, 0.3) is 5.91 Å². The molecule has 1 amide bonds. The molecule has 1 N–H and O–H groups in total. The number of hydrogen-bond donors (Lipinski definition) is 1. The highest BCUT2D eigenvalue weighted by Crippen LogP contribution is 2.30. The molecule has 1 unspecified atom stereocenters. The van der Waals surface area contributed by atoms with Crippen LogP contribution < -0.4 is 5.32 Å². The van der Waals surface area contributed by atoms with Crippen LogP contribution in [0.1, 0.15) is 47.7 Å². The summed E-state index contributed by atoms with van der Waals surface area (Å²) in [6, 6.07) is 3.12. The summed E-state index contributed by atoms with van der Waals surface area (Å²) in [4.78, 5) is 31.3. The average molecular weight is 459 g/mol. The summed E-state index contributed by atoms with van der Waals surface area (Å²) in [5, 5.41) is 3.19. The number of aromatic nitrogens is 3. The number of halogens is 1. The van der Waals surface area contributed by atoms with E-state index >= 15 is 0 Å². The van der Waals surface area contributed by atoms with Gasteiger partial charge in [0.2, 0.25) is 5.95 Å². The number of thiophene rings is 1. The molecule has 1 fully saturated rings. The van der Waals surface area contributed by atoms with Gasteiger partial charge in [0, 0.05) is 36.6 Å². The van der Waals surface area contributed by atoms with Crippen LogP contribution in [-0.4, -0.2) is 64.4 Å². The summed E-state index contributed by atoms with van der Waals surface area (Å²) >= 11 is 1.53. The van der Waals surface area contributed by atoms with Crippen LogP contribution in [0.4, 0.5) is 10.3 Å². The van der Waals surface area contributed by atoms with Crippen molar-refractivity contribution in [3.05, 3.63) is 46.5 Å². The minimum absolute atomic E-state index is 0.0672. The molecule has 0 bridgehead atoms. The third-order valence-corrected chi connectivity index (χ3v) is 6.18. The summed E-state index contributed by atoms with van der Waals surface area (Å²) in [7, 11) is 4.08. The van der Waals surface area contributed by atoms with Crippen LogP contribution in [0.3, 0.4) is 0 Å². The molecule has 1 atom stereocenters. The lowest BCUT2D eigenvalue weighted by molar-refractivity contribution is 0.0447. The van der Waals surface area contributed by atoms with Crippen molar-refractivity contribution >= 4 is 33.4 Å². The van der Waals surface area contributed by atoms with Crippen LogP contribution in [0, 0.1) is 18.7 Å². The molecule has 0 spiro atoms. The number of aryl methyl sites for hydroxylation is 1. The van der Waals surface area contributed by atoms with Crippen molar-refractivity contribution in [3.8, 4) is 0 Å². The molecule has 0 aliphatic carbocycles. The molecular weight excluding hydrogens is 427 g/mol. The first kappa shape index (κ1) is 24.0. The van der Waals surface area contributed by atoms with Gasteiger partial charge in [-0.15, -0.1) is 11.3 Å². The van der Waals surface area contributed by atoms with Crippen LogP contribution >= 0.6 is 11.3 Å². The fraction of sp³-hybridized carbons (Fsp3) is 0.478. The topological polar surface area (TPSA) is 74.2 Å². The van der Waals surface area contributed by atoms with Gasteiger partial charge in [0.15, 0.2) is 5.69 Å². The van der Waals surface area contributed by atoms with E-state index < -0.39 is 5.82 Å². The largest absolute Gasteiger partial charge is 0.348 e. The summed E-state index contributed by atoms with van der Waals surface area (Å²) in [5.74, 6) is 0.379. The maximum absolute atomic E-state index is 13.5. The maximum Gasteiger partial charge on any atom is 0.274 e. The number of pyridine rings is 1. The number of carbonyl (C=O) groups is 1. The normalized spacial score (nSPS) is 14.7. The molecule has 172 valence electrons. The predicted octanol–water partition coefficient (Wildman–Crippen LogP) is 4.37. The smallest absolute Gasteiger partial charge is 0.274 e. The number of anilines is 1. The summed E-state index contributed by atoms with van der Waals surface area (Å²) < 4.78 is 14.3. The molecule has 0 aromatic carbocycles. The highest BCUT2D eigenvalue weighted by atomic mass is 32.1. The minimum atomic E-state index is -0.396. The Kier molecular flexibility index (Phi) is 7.73. The van der Waals surface area contributed by atoms with Crippen molar-refractivity contribution in [3.63, 3.8) is 0 Å². The van der Waals surface area contributed by atoms with Crippen LogP contribution in [0.25, 0.3) is 10.2 Å². The van der Waals surface area contributed by atoms with Gasteiger partial charge in [-0.3, -0.25) is 9.78 Å². The number of hydrogen-bond acceptors (Lipinski definition) is 7. The van der Waals surface area contributed by atoms with Gasteiger partial charge in [-0.25, -0.2) is 14.4 Å². The Bertz CT molecular complexity index is 1080. The van der Waals surface area contributed by atoms with E-state index in [2.05, 4.69) is 25.2 Å². The second kappa shape index (κ2) is 10.3. The van der Waals surface area contributed by atoms with Crippen molar-refractivity contribution in [2.24, 2.45) is 5.92 Å². The number of rotatable bonds is 6. The van der Waals surface area contributed by atoms with Crippen LogP contribution in [0.15, 0.2) is 24.5 Å². The van der Waals surface area contributed by atoms with Crippen molar-refractivity contribution < 1.29 is 9.18 Å². The fourth-order valence-corrected chi connectivity index (χ4v) is 4.65. The lowest BCUT2D eigenvalue weighted by Gasteiger charge is -2.40. The quantitative estimate of drug-likeness (QED) is 0.591. The molecule has 32 heavy (non-hydrogen) atoms. The standard InChI is InChI=1S/C21H25FN6OS.C2H6/c1-12-5-17-19(30-12)18(20(29)28-10-14(11-28)9-27(3)4)26-21(25-17)24-13(2)15-6-16(22)8-23-7-15;1-2/h5-8,13-14H,9-11H2,1-4H3,(H,24,25,26);1-2H3. The molecule has 3 aromatic heterocycles. The second-order valence-electron chi connectivity index (χ2n) is 8.11. The first-order valence-electron chi connectivity index (χ1n) is 10.9. The van der Waals surface area contributed by atoms with Crippen molar-refractivity contribution in [2.75, 3.05) is 39.0 Å². The van der Waals surface area contributed by atoms with Gasteiger partial charge in [-0.1, -0.05) is 13.8 Å². The number of amides is 1. The zero-order valence-electron chi connectivity index (χ0n) is 19.5. The second-order valence-corrected chi connectivity index (χ2v) is 9.36. The molecule has 1 aliphatic heterocycles. The number of fused-ring (bicyclic) bond motifs is 1. The molecule has 0 saturated carbocycles. The molecule has 7 nitrogen and oxygen atoms in total. The monoisotopic (exact) mass is 458 g/mol. The van der Waals surface area contributed by atoms with Crippen molar-refractivity contribution in [1.82, 2.24) is 24.8 Å². The highest BCUT2D eigenvalue weighted by Gasteiger charge is 2.33. The van der Waals surface area contributed by atoms with E-state index in [9.17, 15) is 9.18 Å². The van der Waals surface area contributed by atoms with E-state index in [4.69, 9.17) is 0 Å². The number of likely N-dealkylation sites (tertiary alicyclic amines) is 1. The Balaban J connectivity index is 0.00000141. The van der Waals surface area contributed by atoms with E-state index in [1.807, 2.05) is 52.8 Å². The van der Waals surface area contributed by atoms with Gasteiger partial charge >= 0.3 is 0 Å². The SMILES string of the molecule is CC.Cc1cc2nc(NC(C)c3cncc(F)c3)nc(C(=O)N3CC(CN(C)C)C3)c2s1. The molecule has 4 heterocycles. The molecule has 1 aliphatic rings.